The third-order valence-electron chi connectivity index (χ3n) is 10.4. The lowest BCUT2D eigenvalue weighted by Gasteiger charge is -2.31. The van der Waals surface area contributed by atoms with Crippen molar-refractivity contribution in [1.82, 2.24) is 44.2 Å². The molecule has 0 aliphatic carbocycles. The van der Waals surface area contributed by atoms with Gasteiger partial charge in [-0.15, -0.1) is 0 Å². The van der Waals surface area contributed by atoms with E-state index in [1.54, 1.807) is 24.2 Å². The predicted molar refractivity (Wildman–Crippen MR) is 206 cm³/mol. The monoisotopic (exact) mass is 790 g/mol. The molecule has 0 unspecified atom stereocenters. The Morgan fingerprint density at radius 2 is 1.78 bits per heavy atom. The van der Waals surface area contributed by atoms with Crippen LogP contribution in [0.25, 0.3) is 39.0 Å². The van der Waals surface area contributed by atoms with Crippen LogP contribution in [0, 0.1) is 24.4 Å². The average molecular weight is 791 g/mol. The highest BCUT2D eigenvalue weighted by molar-refractivity contribution is 5.93. The number of amides is 1. The Labute approximate surface area is 329 Å². The van der Waals surface area contributed by atoms with Gasteiger partial charge in [-0.2, -0.15) is 10.1 Å². The van der Waals surface area contributed by atoms with Gasteiger partial charge in [0.2, 0.25) is 5.91 Å². The van der Waals surface area contributed by atoms with Crippen molar-refractivity contribution in [2.75, 3.05) is 31.6 Å². The van der Waals surface area contributed by atoms with E-state index in [-0.39, 0.29) is 55.1 Å². The summed E-state index contributed by atoms with van der Waals surface area (Å²) in [7, 11) is 1.71. The Morgan fingerprint density at radius 3 is 2.60 bits per heavy atom. The highest BCUT2D eigenvalue weighted by Crippen LogP contribution is 2.36. The highest BCUT2D eigenvalue weighted by atomic mass is 19.1. The molecule has 4 aromatic heterocycles. The summed E-state index contributed by atoms with van der Waals surface area (Å²) >= 11 is 0. The number of imidazole rings is 1. The summed E-state index contributed by atoms with van der Waals surface area (Å²) in [5, 5.41) is 4.89. The van der Waals surface area contributed by atoms with Gasteiger partial charge >= 0.3 is 6.01 Å². The standard InChI is InChI=1S/C41H37F3N10O4/c1-4-56-28-18-51(3)40(55)34-16-27(58-41-45-11-10-32(50-41)29-12-25(42)14-33-36(29)52(20-28)23(2)49-33)19-53(34)38-30-17-48-54(39(30)47-22-46-38)37-31(44)13-26(43)15-35(37)57-21-24-8-6-5-7-9-24/h5-15,17,22,27-28,34H,4,16,18-21H2,1-3H3/t27-,28-,34-/m0/s1. The zero-order valence-corrected chi connectivity index (χ0v) is 31.7. The Kier molecular flexibility index (Phi) is 9.59. The number of rotatable bonds is 7. The molecule has 58 heavy (non-hydrogen) atoms. The molecule has 3 atom stereocenters. The van der Waals surface area contributed by atoms with Crippen LogP contribution < -0.4 is 14.4 Å². The molecule has 14 nitrogen and oxygen atoms in total. The van der Waals surface area contributed by atoms with E-state index in [0.29, 0.717) is 52.5 Å². The molecule has 6 heterocycles. The fraction of sp³-hybridized carbons (Fsp3) is 0.293. The van der Waals surface area contributed by atoms with Gasteiger partial charge in [0.1, 0.15) is 54.0 Å². The lowest BCUT2D eigenvalue weighted by atomic mass is 10.1. The summed E-state index contributed by atoms with van der Waals surface area (Å²) in [5.41, 5.74) is 2.94. The van der Waals surface area contributed by atoms with Gasteiger partial charge in [0.25, 0.3) is 0 Å². The molecule has 1 fully saturated rings. The molecule has 17 heteroatoms. The molecule has 3 aromatic carbocycles. The van der Waals surface area contributed by atoms with Gasteiger partial charge in [0.15, 0.2) is 17.2 Å². The van der Waals surface area contributed by atoms with Crippen molar-refractivity contribution in [3.05, 3.63) is 108 Å². The molecule has 2 aliphatic rings. The van der Waals surface area contributed by atoms with Crippen LogP contribution in [0.2, 0.25) is 0 Å². The summed E-state index contributed by atoms with van der Waals surface area (Å²) < 4.78 is 67.1. The average Bonchev–Trinajstić information content (AvgIpc) is 3.91. The van der Waals surface area contributed by atoms with E-state index in [1.807, 2.05) is 53.6 Å². The summed E-state index contributed by atoms with van der Waals surface area (Å²) in [6.07, 6.45) is 3.48. The molecule has 4 bridgehead atoms. The molecular formula is C41H37F3N10O4. The topological polar surface area (TPSA) is 138 Å². The maximum absolute atomic E-state index is 15.7. The van der Waals surface area contributed by atoms with Crippen molar-refractivity contribution in [2.45, 2.75) is 51.7 Å². The van der Waals surface area contributed by atoms with E-state index in [2.05, 4.69) is 25.0 Å². The summed E-state index contributed by atoms with van der Waals surface area (Å²) in [4.78, 5) is 40.8. The first-order valence-electron chi connectivity index (χ1n) is 18.8. The Bertz CT molecular complexity index is 2670. The number of carbonyl (C=O) groups excluding carboxylic acids is 1. The van der Waals surface area contributed by atoms with E-state index < -0.39 is 35.7 Å². The van der Waals surface area contributed by atoms with Gasteiger partial charge in [0.05, 0.1) is 47.5 Å². The van der Waals surface area contributed by atoms with Crippen molar-refractivity contribution in [1.29, 1.82) is 0 Å². The minimum absolute atomic E-state index is 0.0432. The number of anilines is 1. The number of aromatic nitrogens is 8. The van der Waals surface area contributed by atoms with Crippen molar-refractivity contribution in [3.8, 4) is 28.7 Å². The molecule has 9 rings (SSSR count). The Hall–Kier alpha value is -6.62. The molecule has 1 amide bonds. The maximum atomic E-state index is 15.7. The molecular weight excluding hydrogens is 754 g/mol. The molecule has 2 aliphatic heterocycles. The molecule has 7 aromatic rings. The number of benzene rings is 3. The Morgan fingerprint density at radius 1 is 0.948 bits per heavy atom. The number of nitrogens with zero attached hydrogens (tertiary/aromatic N) is 10. The van der Waals surface area contributed by atoms with E-state index in [9.17, 15) is 9.18 Å². The number of likely N-dealkylation sites (N-methyl/N-ethyl adjacent to an activating group) is 1. The minimum atomic E-state index is -0.909. The van der Waals surface area contributed by atoms with Crippen LogP contribution in [-0.2, 0) is 22.7 Å². The predicted octanol–water partition coefficient (Wildman–Crippen LogP) is 5.83. The highest BCUT2D eigenvalue weighted by Gasteiger charge is 2.42. The Balaban J connectivity index is 1.11. The number of hydrogen-bond donors (Lipinski definition) is 0. The van der Waals surface area contributed by atoms with Crippen LogP contribution in [0.4, 0.5) is 19.0 Å². The first-order valence-corrected chi connectivity index (χ1v) is 18.8. The van der Waals surface area contributed by atoms with Crippen molar-refractivity contribution >= 4 is 33.8 Å². The maximum Gasteiger partial charge on any atom is 0.317 e. The molecule has 0 N–H and O–H groups in total. The smallest absolute Gasteiger partial charge is 0.317 e. The van der Waals surface area contributed by atoms with Crippen LogP contribution in [0.5, 0.6) is 11.8 Å². The van der Waals surface area contributed by atoms with E-state index in [0.717, 1.165) is 17.7 Å². The largest absolute Gasteiger partial charge is 0.486 e. The fourth-order valence-corrected chi connectivity index (χ4v) is 7.89. The first-order chi connectivity index (χ1) is 28.1. The number of halogens is 3. The summed E-state index contributed by atoms with van der Waals surface area (Å²) in [6, 6.07) is 14.8. The quantitative estimate of drug-likeness (QED) is 0.193. The van der Waals surface area contributed by atoms with Gasteiger partial charge in [-0.1, -0.05) is 30.3 Å². The fourth-order valence-electron chi connectivity index (χ4n) is 7.89. The normalized spacial score (nSPS) is 18.4. The van der Waals surface area contributed by atoms with Gasteiger partial charge in [-0.3, -0.25) is 4.79 Å². The van der Waals surface area contributed by atoms with Crippen LogP contribution in [0.3, 0.4) is 0 Å². The second-order valence-corrected chi connectivity index (χ2v) is 14.3. The van der Waals surface area contributed by atoms with Crippen molar-refractivity contribution in [3.63, 3.8) is 0 Å². The number of carbonyl (C=O) groups is 1. The lowest BCUT2D eigenvalue weighted by Crippen LogP contribution is -2.47. The number of hydrogen-bond acceptors (Lipinski definition) is 11. The third-order valence-corrected chi connectivity index (χ3v) is 10.4. The van der Waals surface area contributed by atoms with E-state index in [4.69, 9.17) is 19.2 Å². The van der Waals surface area contributed by atoms with Crippen LogP contribution in [0.1, 0.15) is 24.7 Å². The molecule has 296 valence electrons. The van der Waals surface area contributed by atoms with E-state index >= 15 is 8.78 Å². The second-order valence-electron chi connectivity index (χ2n) is 14.3. The lowest BCUT2D eigenvalue weighted by molar-refractivity contribution is -0.133. The second kappa shape index (κ2) is 15.0. The van der Waals surface area contributed by atoms with E-state index in [1.165, 1.54) is 29.3 Å². The van der Waals surface area contributed by atoms with Crippen LogP contribution in [0.15, 0.2) is 79.4 Å². The van der Waals surface area contributed by atoms with Crippen molar-refractivity contribution < 1.29 is 32.2 Å². The SMILES string of the molecule is CCO[C@H]1CN(C)C(=O)[C@@H]2C[C@@H](CN2c2ncnc3c2cnn3-c2c(F)cc(F)cc2OCc2ccccc2)Oc2nccc(n2)-c2cc(F)cc3nc(C)n(c23)C1. The summed E-state index contributed by atoms with van der Waals surface area (Å²) in [5.74, 6) is -1.51. The van der Waals surface area contributed by atoms with Crippen LogP contribution >= 0.6 is 0 Å². The van der Waals surface area contributed by atoms with Gasteiger partial charge in [-0.25, -0.2) is 37.8 Å². The molecule has 1 saturated heterocycles. The van der Waals surface area contributed by atoms with Gasteiger partial charge in [0, 0.05) is 56.6 Å². The zero-order valence-electron chi connectivity index (χ0n) is 31.7. The molecule has 0 radical (unpaired) electrons. The molecule has 0 spiro atoms. The zero-order chi connectivity index (χ0) is 40.1. The number of fused-ring (bicyclic) bond motifs is 6. The number of aryl methyl sites for hydroxylation is 1. The van der Waals surface area contributed by atoms with Gasteiger partial charge < -0.3 is 28.6 Å². The van der Waals surface area contributed by atoms with Crippen LogP contribution in [-0.4, -0.2) is 95.1 Å². The first kappa shape index (κ1) is 37.0. The molecule has 0 saturated carbocycles. The number of ether oxygens (including phenoxy) is 3. The third kappa shape index (κ3) is 6.80. The van der Waals surface area contributed by atoms with Crippen molar-refractivity contribution in [2.24, 2.45) is 0 Å². The van der Waals surface area contributed by atoms with Gasteiger partial charge in [-0.05, 0) is 31.5 Å². The summed E-state index contributed by atoms with van der Waals surface area (Å²) in [6.45, 7) is 4.88. The minimum Gasteiger partial charge on any atom is -0.486 e.